The van der Waals surface area contributed by atoms with Gasteiger partial charge >= 0.3 is 5.97 Å². The van der Waals surface area contributed by atoms with Gasteiger partial charge in [0.15, 0.2) is 0 Å². The van der Waals surface area contributed by atoms with Crippen LogP contribution in [0.5, 0.6) is 5.75 Å². The Bertz CT molecular complexity index is 625. The van der Waals surface area contributed by atoms with Crippen molar-refractivity contribution in [3.63, 3.8) is 0 Å². The molecule has 1 aromatic rings. The predicted octanol–water partition coefficient (Wildman–Crippen LogP) is 2.27. The van der Waals surface area contributed by atoms with E-state index in [1.165, 1.54) is 25.3 Å². The molecule has 6 nitrogen and oxygen atoms in total. The molecule has 1 rings (SSSR count). The van der Waals surface area contributed by atoms with E-state index in [9.17, 15) is 18.3 Å². The number of hydrogen-bond donors (Lipinski definition) is 2. The summed E-state index contributed by atoms with van der Waals surface area (Å²) in [6, 6.07) is 3.95. The second kappa shape index (κ2) is 6.64. The van der Waals surface area contributed by atoms with Gasteiger partial charge in [-0.3, -0.25) is 4.79 Å². The number of carboxylic acid groups (broad SMARTS) is 1. The van der Waals surface area contributed by atoms with Gasteiger partial charge in [0.2, 0.25) is 10.0 Å². The zero-order valence-electron chi connectivity index (χ0n) is 12.0. The maximum absolute atomic E-state index is 12.3. The third-order valence-electron chi connectivity index (χ3n) is 3.38. The summed E-state index contributed by atoms with van der Waals surface area (Å²) in [6.45, 7) is 3.22. The summed E-state index contributed by atoms with van der Waals surface area (Å²) in [4.78, 5) is 11.3. The Morgan fingerprint density at radius 3 is 2.33 bits per heavy atom. The molecule has 0 aliphatic heterocycles. The molecule has 118 valence electrons. The van der Waals surface area contributed by atoms with Crippen molar-refractivity contribution >= 4 is 27.6 Å². The normalized spacial score (nSPS) is 12.2. The fraction of sp³-hybridized carbons (Fsp3) is 0.462. The van der Waals surface area contributed by atoms with Crippen LogP contribution < -0.4 is 9.46 Å². The van der Waals surface area contributed by atoms with Crippen molar-refractivity contribution in [2.75, 3.05) is 7.11 Å². The summed E-state index contributed by atoms with van der Waals surface area (Å²) in [5.74, 6) is -0.873. The molecule has 0 radical (unpaired) electrons. The topological polar surface area (TPSA) is 92.7 Å². The molecule has 0 amide bonds. The molecule has 0 unspecified atom stereocenters. The minimum Gasteiger partial charge on any atom is -0.495 e. The summed E-state index contributed by atoms with van der Waals surface area (Å²) >= 11 is 5.90. The van der Waals surface area contributed by atoms with Gasteiger partial charge in [-0.25, -0.2) is 8.42 Å². The first-order chi connectivity index (χ1) is 9.72. The SMILES string of the molecule is CCC(CC)(NS(=O)(=O)c1ccc(OC)c(Cl)c1)C(=O)O. The largest absolute Gasteiger partial charge is 0.495 e. The van der Waals surface area contributed by atoms with Crippen LogP contribution >= 0.6 is 11.6 Å². The summed E-state index contributed by atoms with van der Waals surface area (Å²) in [7, 11) is -2.59. The lowest BCUT2D eigenvalue weighted by atomic mass is 9.95. The lowest BCUT2D eigenvalue weighted by Gasteiger charge is -2.27. The van der Waals surface area contributed by atoms with Gasteiger partial charge in [0, 0.05) is 0 Å². The van der Waals surface area contributed by atoms with Gasteiger partial charge in [-0.15, -0.1) is 0 Å². The van der Waals surface area contributed by atoms with Gasteiger partial charge in [0.25, 0.3) is 0 Å². The van der Waals surface area contributed by atoms with Gasteiger partial charge < -0.3 is 9.84 Å². The molecule has 0 saturated carbocycles. The van der Waals surface area contributed by atoms with Crippen molar-refractivity contribution in [3.05, 3.63) is 23.2 Å². The number of hydrogen-bond acceptors (Lipinski definition) is 4. The van der Waals surface area contributed by atoms with Gasteiger partial charge in [0.05, 0.1) is 17.0 Å². The summed E-state index contributed by atoms with van der Waals surface area (Å²) in [6.07, 6.45) is 0.254. The van der Waals surface area contributed by atoms with Gasteiger partial charge in [-0.2, -0.15) is 4.72 Å². The number of methoxy groups -OCH3 is 1. The maximum atomic E-state index is 12.3. The van der Waals surface area contributed by atoms with E-state index in [1.807, 2.05) is 0 Å². The highest BCUT2D eigenvalue weighted by Gasteiger charge is 2.39. The first kappa shape index (κ1) is 17.7. The lowest BCUT2D eigenvalue weighted by Crippen LogP contribution is -2.53. The van der Waals surface area contributed by atoms with E-state index in [2.05, 4.69) is 4.72 Å². The number of rotatable bonds is 7. The van der Waals surface area contributed by atoms with Crippen LogP contribution in [0.3, 0.4) is 0 Å². The maximum Gasteiger partial charge on any atom is 0.324 e. The monoisotopic (exact) mass is 335 g/mol. The van der Waals surface area contributed by atoms with Crippen molar-refractivity contribution in [2.45, 2.75) is 37.1 Å². The second-order valence-electron chi connectivity index (χ2n) is 4.50. The molecule has 21 heavy (non-hydrogen) atoms. The van der Waals surface area contributed by atoms with Crippen molar-refractivity contribution < 1.29 is 23.1 Å². The molecule has 0 atom stereocenters. The molecule has 0 heterocycles. The Morgan fingerprint density at radius 2 is 1.95 bits per heavy atom. The van der Waals surface area contributed by atoms with Crippen LogP contribution in [0.2, 0.25) is 5.02 Å². The molecule has 1 aromatic carbocycles. The van der Waals surface area contributed by atoms with Gasteiger partial charge in [0.1, 0.15) is 11.3 Å². The number of carbonyl (C=O) groups is 1. The lowest BCUT2D eigenvalue weighted by molar-refractivity contribution is -0.144. The third-order valence-corrected chi connectivity index (χ3v) is 5.21. The molecule has 0 aliphatic carbocycles. The van der Waals surface area contributed by atoms with Crippen LogP contribution in [0.25, 0.3) is 0 Å². The Labute approximate surface area is 129 Å². The highest BCUT2D eigenvalue weighted by molar-refractivity contribution is 7.89. The zero-order valence-corrected chi connectivity index (χ0v) is 13.6. The van der Waals surface area contributed by atoms with Crippen LogP contribution in [0, 0.1) is 0 Å². The molecular formula is C13H18ClNO5S. The Kier molecular flexibility index (Phi) is 5.61. The van der Waals surface area contributed by atoms with Gasteiger partial charge in [-0.1, -0.05) is 25.4 Å². The predicted molar refractivity (Wildman–Crippen MR) is 79.3 cm³/mol. The summed E-state index contributed by atoms with van der Waals surface area (Å²) < 4.78 is 31.9. The fourth-order valence-electron chi connectivity index (χ4n) is 1.87. The smallest absolute Gasteiger partial charge is 0.324 e. The first-order valence-corrected chi connectivity index (χ1v) is 8.19. The summed E-state index contributed by atoms with van der Waals surface area (Å²) in [5, 5.41) is 9.43. The average molecular weight is 336 g/mol. The van der Waals surface area contributed by atoms with Gasteiger partial charge in [-0.05, 0) is 31.0 Å². The molecule has 0 saturated heterocycles. The van der Waals surface area contributed by atoms with Crippen molar-refractivity contribution in [2.24, 2.45) is 0 Å². The summed E-state index contributed by atoms with van der Waals surface area (Å²) in [5.41, 5.74) is -1.54. The van der Waals surface area contributed by atoms with Crippen LogP contribution in [0.1, 0.15) is 26.7 Å². The number of nitrogens with one attached hydrogen (secondary N) is 1. The van der Waals surface area contributed by atoms with Crippen LogP contribution in [-0.2, 0) is 14.8 Å². The molecule has 8 heteroatoms. The van der Waals surface area contributed by atoms with Crippen molar-refractivity contribution in [1.82, 2.24) is 4.72 Å². The zero-order chi connectivity index (χ0) is 16.3. The Morgan fingerprint density at radius 1 is 1.38 bits per heavy atom. The standard InChI is InChI=1S/C13H18ClNO5S/c1-4-13(5-2,12(16)17)15-21(18,19)9-6-7-11(20-3)10(14)8-9/h6-8,15H,4-5H2,1-3H3,(H,16,17). The van der Waals surface area contributed by atoms with Crippen LogP contribution in [0.4, 0.5) is 0 Å². The van der Waals surface area contributed by atoms with E-state index in [1.54, 1.807) is 13.8 Å². The Hall–Kier alpha value is -1.31. The minimum atomic E-state index is -4.01. The van der Waals surface area contributed by atoms with Crippen molar-refractivity contribution in [1.29, 1.82) is 0 Å². The van der Waals surface area contributed by atoms with Crippen molar-refractivity contribution in [3.8, 4) is 5.75 Å². The average Bonchev–Trinajstić information content (AvgIpc) is 2.44. The number of sulfonamides is 1. The molecule has 2 N–H and O–H groups in total. The number of benzene rings is 1. The highest BCUT2D eigenvalue weighted by atomic mass is 35.5. The van der Waals surface area contributed by atoms with E-state index in [4.69, 9.17) is 16.3 Å². The molecule has 0 fully saturated rings. The van der Waals surface area contributed by atoms with E-state index < -0.39 is 21.5 Å². The first-order valence-electron chi connectivity index (χ1n) is 6.33. The Balaban J connectivity index is 3.22. The highest BCUT2D eigenvalue weighted by Crippen LogP contribution is 2.28. The van der Waals surface area contributed by atoms with E-state index in [-0.39, 0.29) is 22.8 Å². The molecule has 0 spiro atoms. The number of aliphatic carboxylic acids is 1. The molecule has 0 aliphatic rings. The molecular weight excluding hydrogens is 318 g/mol. The fourth-order valence-corrected chi connectivity index (χ4v) is 3.72. The molecule has 0 bridgehead atoms. The van der Waals surface area contributed by atoms with E-state index >= 15 is 0 Å². The third kappa shape index (κ3) is 3.66. The minimum absolute atomic E-state index is 0.110. The second-order valence-corrected chi connectivity index (χ2v) is 6.59. The molecule has 0 aromatic heterocycles. The quantitative estimate of drug-likeness (QED) is 0.797. The number of ether oxygens (including phenoxy) is 1. The number of halogens is 1. The van der Waals surface area contributed by atoms with E-state index in [0.29, 0.717) is 5.75 Å². The van der Waals surface area contributed by atoms with E-state index in [0.717, 1.165) is 0 Å². The van der Waals surface area contributed by atoms with Crippen LogP contribution in [0.15, 0.2) is 23.1 Å². The van der Waals surface area contributed by atoms with Crippen LogP contribution in [-0.4, -0.2) is 32.1 Å². The number of carboxylic acids is 1.